The predicted octanol–water partition coefficient (Wildman–Crippen LogP) is 3.33. The third-order valence-electron chi connectivity index (χ3n) is 6.08. The van der Waals surface area contributed by atoms with Gasteiger partial charge in [-0.2, -0.15) is 0 Å². The van der Waals surface area contributed by atoms with Crippen molar-refractivity contribution in [1.82, 2.24) is 5.32 Å². The smallest absolute Gasteiger partial charge is 0.243 e. The zero-order chi connectivity index (χ0) is 25.9. The monoisotopic (exact) mass is 558 g/mol. The molecular formula is C26H35BrN6O3. The van der Waals surface area contributed by atoms with Gasteiger partial charge in [-0.25, -0.2) is 4.99 Å². The van der Waals surface area contributed by atoms with E-state index in [4.69, 9.17) is 21.9 Å². The lowest BCUT2D eigenvalue weighted by Crippen LogP contribution is -2.44. The van der Waals surface area contributed by atoms with Gasteiger partial charge in [0.1, 0.15) is 5.75 Å². The van der Waals surface area contributed by atoms with Crippen LogP contribution >= 0.6 is 15.9 Å². The van der Waals surface area contributed by atoms with Gasteiger partial charge in [0.2, 0.25) is 11.8 Å². The molecule has 194 valence electrons. The van der Waals surface area contributed by atoms with Gasteiger partial charge in [-0.15, -0.1) is 0 Å². The molecule has 2 aromatic carbocycles. The summed E-state index contributed by atoms with van der Waals surface area (Å²) in [5.74, 6) is 0.623. The lowest BCUT2D eigenvalue weighted by atomic mass is 9.87. The van der Waals surface area contributed by atoms with E-state index in [1.165, 1.54) is 32.1 Å². The van der Waals surface area contributed by atoms with Crippen molar-refractivity contribution in [2.24, 2.45) is 28.1 Å². The number of hydrogen-bond acceptors (Lipinski definition) is 5. The zero-order valence-electron chi connectivity index (χ0n) is 20.3. The molecule has 10 heteroatoms. The second kappa shape index (κ2) is 13.8. The van der Waals surface area contributed by atoms with Crippen LogP contribution in [0.1, 0.15) is 44.1 Å². The van der Waals surface area contributed by atoms with Crippen LogP contribution in [0.15, 0.2) is 51.9 Å². The number of nitrogens with one attached hydrogen (secondary N) is 2. The molecule has 0 bridgehead atoms. The van der Waals surface area contributed by atoms with Gasteiger partial charge in [-0.3, -0.25) is 9.59 Å². The molecule has 2 aromatic rings. The highest BCUT2D eigenvalue weighted by Crippen LogP contribution is 2.28. The number of carbonyl (C=O) groups excluding carboxylic acids is 2. The van der Waals surface area contributed by atoms with Crippen LogP contribution in [-0.4, -0.2) is 37.0 Å². The van der Waals surface area contributed by atoms with E-state index in [-0.39, 0.29) is 18.4 Å². The number of ether oxygens (including phenoxy) is 1. The van der Waals surface area contributed by atoms with Crippen molar-refractivity contribution < 1.29 is 14.3 Å². The van der Waals surface area contributed by atoms with Crippen LogP contribution < -0.4 is 32.6 Å². The summed E-state index contributed by atoms with van der Waals surface area (Å²) in [6.07, 6.45) is 7.88. The molecule has 3 rings (SSSR count). The summed E-state index contributed by atoms with van der Waals surface area (Å²) in [5.41, 5.74) is 18.8. The number of aliphatic imine (C=N–C) groups is 1. The minimum absolute atomic E-state index is 0.0293. The van der Waals surface area contributed by atoms with Gasteiger partial charge < -0.3 is 32.6 Å². The van der Waals surface area contributed by atoms with Crippen molar-refractivity contribution in [1.29, 1.82) is 0 Å². The average Bonchev–Trinajstić information content (AvgIpc) is 2.83. The average molecular weight is 560 g/mol. The van der Waals surface area contributed by atoms with Crippen molar-refractivity contribution in [3.63, 3.8) is 0 Å². The molecule has 0 unspecified atom stereocenters. The summed E-state index contributed by atoms with van der Waals surface area (Å²) in [4.78, 5) is 28.7. The first-order valence-corrected chi connectivity index (χ1v) is 13.0. The first-order chi connectivity index (χ1) is 17.3. The zero-order valence-corrected chi connectivity index (χ0v) is 21.9. The van der Waals surface area contributed by atoms with Crippen molar-refractivity contribution in [3.8, 4) is 5.75 Å². The molecule has 0 spiro atoms. The summed E-state index contributed by atoms with van der Waals surface area (Å²) in [6, 6.07) is 11.7. The highest BCUT2D eigenvalue weighted by atomic mass is 79.9. The van der Waals surface area contributed by atoms with Gasteiger partial charge in [-0.05, 0) is 48.6 Å². The Kier molecular flexibility index (Phi) is 10.6. The second-order valence-corrected chi connectivity index (χ2v) is 10.0. The maximum Gasteiger partial charge on any atom is 0.243 e. The summed E-state index contributed by atoms with van der Waals surface area (Å²) in [5, 5.41) is 5.38. The van der Waals surface area contributed by atoms with Gasteiger partial charge in [-0.1, -0.05) is 60.2 Å². The molecule has 1 saturated carbocycles. The minimum atomic E-state index is -0.804. The Hall–Kier alpha value is -3.11. The normalized spacial score (nSPS) is 14.5. The molecule has 36 heavy (non-hydrogen) atoms. The number of guanidine groups is 1. The topological polar surface area (TPSA) is 158 Å². The molecule has 0 saturated heterocycles. The fraction of sp³-hybridized carbons (Fsp3) is 0.423. The quantitative estimate of drug-likeness (QED) is 0.210. The van der Waals surface area contributed by atoms with E-state index < -0.39 is 11.9 Å². The summed E-state index contributed by atoms with van der Waals surface area (Å²) in [7, 11) is 0. The van der Waals surface area contributed by atoms with E-state index in [0.29, 0.717) is 30.2 Å². The van der Waals surface area contributed by atoms with Crippen LogP contribution in [0.4, 0.5) is 11.4 Å². The molecular weight excluding hydrogens is 524 g/mol. The largest absolute Gasteiger partial charge is 0.493 e. The fourth-order valence-corrected chi connectivity index (χ4v) is 4.72. The van der Waals surface area contributed by atoms with E-state index >= 15 is 0 Å². The fourth-order valence-electron chi connectivity index (χ4n) is 4.24. The maximum absolute atomic E-state index is 12.4. The predicted molar refractivity (Wildman–Crippen MR) is 146 cm³/mol. The molecule has 1 atom stereocenters. The van der Waals surface area contributed by atoms with Crippen LogP contribution in [-0.2, 0) is 16.0 Å². The number of carbonyl (C=O) groups is 2. The highest BCUT2D eigenvalue weighted by molar-refractivity contribution is 9.10. The summed E-state index contributed by atoms with van der Waals surface area (Å²) >= 11 is 3.46. The van der Waals surface area contributed by atoms with Crippen LogP contribution in [0.3, 0.4) is 0 Å². The Morgan fingerprint density at radius 1 is 1.08 bits per heavy atom. The lowest BCUT2D eigenvalue weighted by molar-refractivity contribution is -0.125. The molecule has 0 heterocycles. The first-order valence-electron chi connectivity index (χ1n) is 12.2. The molecule has 0 aliphatic heterocycles. The second-order valence-electron chi connectivity index (χ2n) is 9.10. The number of nitrogens with zero attached hydrogens (tertiary/aromatic N) is 1. The molecule has 8 N–H and O–H groups in total. The van der Waals surface area contributed by atoms with E-state index in [0.717, 1.165) is 22.4 Å². The molecule has 0 radical (unpaired) electrons. The number of amides is 2. The summed E-state index contributed by atoms with van der Waals surface area (Å²) in [6.45, 7) is 0.458. The maximum atomic E-state index is 12.4. The SMILES string of the molecule is NC(N)=Nc1ccc(C[C@H](N)C(=O)NCC(=O)Nc2cc(Br)cc(OCCC3CCCCC3)c2)cc1. The minimum Gasteiger partial charge on any atom is -0.493 e. The Morgan fingerprint density at radius 2 is 1.81 bits per heavy atom. The third kappa shape index (κ3) is 9.50. The third-order valence-corrected chi connectivity index (χ3v) is 6.54. The van der Waals surface area contributed by atoms with E-state index in [9.17, 15) is 9.59 Å². The Morgan fingerprint density at radius 3 is 2.50 bits per heavy atom. The number of hydrogen-bond donors (Lipinski definition) is 5. The van der Waals surface area contributed by atoms with E-state index in [1.807, 2.05) is 6.07 Å². The highest BCUT2D eigenvalue weighted by Gasteiger charge is 2.16. The van der Waals surface area contributed by atoms with Crippen molar-refractivity contribution >= 4 is 45.1 Å². The number of rotatable bonds is 11. The number of nitrogens with two attached hydrogens (primary N) is 3. The van der Waals surface area contributed by atoms with Gasteiger partial charge in [0.05, 0.1) is 24.9 Å². The van der Waals surface area contributed by atoms with Gasteiger partial charge in [0.15, 0.2) is 5.96 Å². The van der Waals surface area contributed by atoms with Crippen LogP contribution in [0.2, 0.25) is 0 Å². The molecule has 0 aromatic heterocycles. The lowest BCUT2D eigenvalue weighted by Gasteiger charge is -2.21. The molecule has 1 fully saturated rings. The van der Waals surface area contributed by atoms with Crippen molar-refractivity contribution in [2.75, 3.05) is 18.5 Å². The Bertz CT molecular complexity index is 1050. The molecule has 1 aliphatic rings. The van der Waals surface area contributed by atoms with Crippen LogP contribution in [0, 0.1) is 5.92 Å². The van der Waals surface area contributed by atoms with E-state index in [2.05, 4.69) is 31.6 Å². The number of anilines is 1. The summed E-state index contributed by atoms with van der Waals surface area (Å²) < 4.78 is 6.73. The Labute approximate surface area is 220 Å². The molecule has 1 aliphatic carbocycles. The van der Waals surface area contributed by atoms with E-state index in [1.54, 1.807) is 36.4 Å². The van der Waals surface area contributed by atoms with Crippen molar-refractivity contribution in [2.45, 2.75) is 51.0 Å². The van der Waals surface area contributed by atoms with Crippen LogP contribution in [0.25, 0.3) is 0 Å². The van der Waals surface area contributed by atoms with Gasteiger partial charge in [0.25, 0.3) is 0 Å². The van der Waals surface area contributed by atoms with Gasteiger partial charge in [0, 0.05) is 16.2 Å². The first kappa shape index (κ1) is 27.5. The van der Waals surface area contributed by atoms with Crippen LogP contribution in [0.5, 0.6) is 5.75 Å². The molecule has 9 nitrogen and oxygen atoms in total. The van der Waals surface area contributed by atoms with Crippen molar-refractivity contribution in [3.05, 3.63) is 52.5 Å². The standard InChI is InChI=1S/C26H35BrN6O3/c27-19-13-21(15-22(14-19)36-11-10-17-4-2-1-3-5-17)32-24(34)16-31-25(35)23(28)12-18-6-8-20(9-7-18)33-26(29)30/h6-9,13-15,17,23H,1-5,10-12,16,28H2,(H,31,35)(H,32,34)(H4,29,30,33)/t23-/m0/s1. The Balaban J connectivity index is 1.43. The number of halogens is 1. The van der Waals surface area contributed by atoms with Gasteiger partial charge >= 0.3 is 0 Å². The molecule has 2 amide bonds. The number of benzene rings is 2.